The third-order valence-electron chi connectivity index (χ3n) is 4.98. The smallest absolute Gasteiger partial charge is 0.296 e. The van der Waals surface area contributed by atoms with Crippen molar-refractivity contribution in [2.45, 2.75) is 108 Å². The molecule has 8 nitrogen and oxygen atoms in total. The van der Waals surface area contributed by atoms with E-state index in [0.29, 0.717) is 45.1 Å². The highest BCUT2D eigenvalue weighted by atomic mass is 32.2. The van der Waals surface area contributed by atoms with Crippen LogP contribution in [0.25, 0.3) is 24.3 Å². The zero-order chi connectivity index (χ0) is 38.9. The van der Waals surface area contributed by atoms with Crippen LogP contribution in [0.15, 0.2) is 93.8 Å². The van der Waals surface area contributed by atoms with Crippen LogP contribution >= 0.6 is 0 Å². The van der Waals surface area contributed by atoms with E-state index in [-0.39, 0.29) is 5.69 Å². The second-order valence-corrected chi connectivity index (χ2v) is 8.61. The van der Waals surface area contributed by atoms with Gasteiger partial charge in [0, 0.05) is 16.3 Å². The van der Waals surface area contributed by atoms with Crippen molar-refractivity contribution in [2.24, 2.45) is 20.5 Å². The van der Waals surface area contributed by atoms with Gasteiger partial charge in [-0.25, -0.2) is 0 Å². The van der Waals surface area contributed by atoms with E-state index < -0.39 is 20.8 Å². The molecule has 9 heteroatoms. The van der Waals surface area contributed by atoms with E-state index >= 15 is 0 Å². The van der Waals surface area contributed by atoms with Crippen LogP contribution in [-0.4, -0.2) is 18.1 Å². The first kappa shape index (κ1) is 53.3. The second-order valence-electron chi connectivity index (χ2n) is 7.22. The van der Waals surface area contributed by atoms with Crippen molar-refractivity contribution in [2.75, 3.05) is 0 Å². The molecule has 2 aromatic carbocycles. The third-order valence-corrected chi connectivity index (χ3v) is 5.85. The van der Waals surface area contributed by atoms with Gasteiger partial charge < -0.3 is 5.11 Å². The molecule has 0 radical (unpaired) electrons. The molecule has 48 heavy (non-hydrogen) atoms. The lowest BCUT2D eigenvalue weighted by Gasteiger charge is -2.09. The van der Waals surface area contributed by atoms with Gasteiger partial charge in [0.1, 0.15) is 10.6 Å². The Labute approximate surface area is 293 Å². The number of hydrogen-bond donors (Lipinski definition) is 2. The first-order valence-electron chi connectivity index (χ1n) is 16.9. The van der Waals surface area contributed by atoms with Gasteiger partial charge in [0.15, 0.2) is 5.75 Å². The van der Waals surface area contributed by atoms with Gasteiger partial charge in [0.25, 0.3) is 10.1 Å². The predicted octanol–water partition coefficient (Wildman–Crippen LogP) is 12.8. The molecule has 0 amide bonds. The molecule has 0 heterocycles. The number of phenolic OH excluding ortho intramolecular Hbond substituents is 1. The fourth-order valence-corrected chi connectivity index (χ4v) is 4.01. The van der Waals surface area contributed by atoms with Gasteiger partial charge in [-0.2, -0.15) is 13.5 Å². The van der Waals surface area contributed by atoms with E-state index in [1.54, 1.807) is 49.4 Å². The molecule has 270 valence electrons. The zero-order valence-corrected chi connectivity index (χ0v) is 33.0. The van der Waals surface area contributed by atoms with Crippen LogP contribution in [0.1, 0.15) is 114 Å². The van der Waals surface area contributed by atoms with E-state index in [1.807, 2.05) is 90.0 Å². The predicted molar refractivity (Wildman–Crippen MR) is 214 cm³/mol. The summed E-state index contributed by atoms with van der Waals surface area (Å²) in [5.41, 5.74) is 1.95. The van der Waals surface area contributed by atoms with Gasteiger partial charge >= 0.3 is 0 Å². The normalized spacial score (nSPS) is 10.9. The second kappa shape index (κ2) is 34.1. The molecule has 0 atom stereocenters. The largest absolute Gasteiger partial charge is 0.505 e. The molecular weight excluding hydrogens is 621 g/mol. The minimum absolute atomic E-state index is 0.302. The first-order chi connectivity index (χ1) is 23.2. The summed E-state index contributed by atoms with van der Waals surface area (Å²) in [6.45, 7) is 42.5. The zero-order valence-electron chi connectivity index (χ0n) is 32.2. The van der Waals surface area contributed by atoms with Crippen LogP contribution in [0.3, 0.4) is 0 Å². The minimum Gasteiger partial charge on any atom is -0.505 e. The molecule has 0 unspecified atom stereocenters. The van der Waals surface area contributed by atoms with Gasteiger partial charge in [-0.3, -0.25) is 4.55 Å². The quantitative estimate of drug-likeness (QED) is 0.147. The molecule has 0 aliphatic carbocycles. The lowest BCUT2D eigenvalue weighted by atomic mass is 10.0. The number of benzene rings is 2. The molecule has 0 aromatic heterocycles. The lowest BCUT2D eigenvalue weighted by molar-refractivity contribution is 0.463. The Morgan fingerprint density at radius 1 is 0.792 bits per heavy atom. The Balaban J connectivity index is -0.000000461. The van der Waals surface area contributed by atoms with Gasteiger partial charge in [0.05, 0.1) is 17.1 Å². The number of allylic oxidation sites excluding steroid dienone is 3. The lowest BCUT2D eigenvalue weighted by Crippen LogP contribution is -2.26. The summed E-state index contributed by atoms with van der Waals surface area (Å²) in [6, 6.07) is 4.47. The monoisotopic (exact) mass is 684 g/mol. The van der Waals surface area contributed by atoms with Crippen molar-refractivity contribution in [3.05, 3.63) is 90.0 Å². The van der Waals surface area contributed by atoms with Crippen molar-refractivity contribution in [1.82, 2.24) is 0 Å². The first-order valence-corrected chi connectivity index (χ1v) is 18.3. The Morgan fingerprint density at radius 3 is 1.60 bits per heavy atom. The molecule has 0 spiro atoms. The minimum atomic E-state index is -4.72. The van der Waals surface area contributed by atoms with Crippen molar-refractivity contribution in [1.29, 1.82) is 0 Å². The van der Waals surface area contributed by atoms with E-state index in [4.69, 9.17) is 0 Å². The summed E-state index contributed by atoms with van der Waals surface area (Å²) in [7, 11) is -4.72. The van der Waals surface area contributed by atoms with E-state index in [9.17, 15) is 18.1 Å². The Kier molecular flexibility index (Phi) is 37.9. The maximum Gasteiger partial charge on any atom is 0.296 e. The van der Waals surface area contributed by atoms with Crippen LogP contribution in [0, 0.1) is 0 Å². The van der Waals surface area contributed by atoms with E-state index in [2.05, 4.69) is 46.8 Å². The fraction of sp³-hybridized carbons (Fsp3) is 0.385. The summed E-state index contributed by atoms with van der Waals surface area (Å²) < 4.78 is 34.0. The summed E-state index contributed by atoms with van der Waals surface area (Å²) in [4.78, 5) is -0.561. The molecule has 2 aromatic rings. The molecule has 0 saturated carbocycles. The van der Waals surface area contributed by atoms with E-state index in [0.717, 1.165) is 0 Å². The Bertz CT molecular complexity index is 1540. The fourth-order valence-electron chi connectivity index (χ4n) is 3.35. The van der Waals surface area contributed by atoms with Crippen LogP contribution in [0.5, 0.6) is 5.75 Å². The molecular formula is C39H64N4O4S. The molecule has 2 N–H and O–H groups in total. The maximum absolute atomic E-state index is 12.1. The Morgan fingerprint density at radius 2 is 1.25 bits per heavy atom. The number of azo groups is 2. The summed E-state index contributed by atoms with van der Waals surface area (Å²) in [5, 5.41) is 28.2. The van der Waals surface area contributed by atoms with Crippen LogP contribution in [0.4, 0.5) is 17.1 Å². The number of phenols is 1. The summed E-state index contributed by atoms with van der Waals surface area (Å²) >= 11 is 0. The number of aromatic hydroxyl groups is 1. The summed E-state index contributed by atoms with van der Waals surface area (Å²) in [5.74, 6) is -0.420. The molecule has 0 aliphatic rings. The summed E-state index contributed by atoms with van der Waals surface area (Å²) in [6.07, 6.45) is 11.7. The van der Waals surface area contributed by atoms with Crippen LogP contribution < -0.4 is 10.4 Å². The topological polar surface area (TPSA) is 124 Å². The van der Waals surface area contributed by atoms with Gasteiger partial charge in [0.2, 0.25) is 0 Å². The van der Waals surface area contributed by atoms with Crippen LogP contribution in [-0.2, 0) is 10.1 Å². The molecule has 0 saturated heterocycles. The van der Waals surface area contributed by atoms with Crippen molar-refractivity contribution in [3.8, 4) is 5.75 Å². The molecule has 0 fully saturated rings. The standard InChI is InChI=1S/C27H28N4O4S.6C2H6/c1-7-13-18-17-25(36(33,34)35)26(27(32)20(18)10-4)31-30-24-16-15-23(21(11-5)22(24)12-6)29-28-19(9-3)14-8-2;6*1-2/h8-17,32H,2-3,5-7H2,1,4H3,(H,33,34,35);6*1-2H3/b18-13-,19-14+,20-10+,29-28?,31-30?;;;;;;. The molecule has 0 aliphatic heterocycles. The number of hydrogen-bond acceptors (Lipinski definition) is 7. The van der Waals surface area contributed by atoms with E-state index in [1.165, 1.54) is 18.2 Å². The SMILES string of the molecule is C=C/C=C(\C=C)N=Nc1ccc(N=Nc2c(S(=O)(=O)O)cc(=C/CC)/c(=C\C)c2O)c(C=C)c1C=C.CC.CC.CC.CC.CC.CC. The van der Waals surface area contributed by atoms with Crippen molar-refractivity contribution in [3.63, 3.8) is 0 Å². The van der Waals surface area contributed by atoms with Gasteiger partial charge in [-0.1, -0.05) is 147 Å². The average molecular weight is 685 g/mol. The maximum atomic E-state index is 12.1. The highest BCUT2D eigenvalue weighted by Crippen LogP contribution is 2.36. The molecule has 0 bridgehead atoms. The molecule has 2 rings (SSSR count). The van der Waals surface area contributed by atoms with Gasteiger partial charge in [-0.05, 0) is 48.9 Å². The van der Waals surface area contributed by atoms with Crippen molar-refractivity contribution < 1.29 is 18.1 Å². The highest BCUT2D eigenvalue weighted by Gasteiger charge is 2.21. The highest BCUT2D eigenvalue weighted by molar-refractivity contribution is 7.86. The number of rotatable bonds is 10. The van der Waals surface area contributed by atoms with Crippen LogP contribution in [0.2, 0.25) is 0 Å². The third kappa shape index (κ3) is 17.6. The Hall–Kier alpha value is -4.21. The van der Waals surface area contributed by atoms with Crippen molar-refractivity contribution >= 4 is 51.5 Å². The average Bonchev–Trinajstić information content (AvgIpc) is 3.14. The number of nitrogens with zero attached hydrogens (tertiary/aromatic N) is 4. The van der Waals surface area contributed by atoms with Gasteiger partial charge in [-0.15, -0.1) is 15.3 Å².